The van der Waals surface area contributed by atoms with E-state index >= 15 is 0 Å². The van der Waals surface area contributed by atoms with Gasteiger partial charge in [0.1, 0.15) is 12.7 Å². The predicted octanol–water partition coefficient (Wildman–Crippen LogP) is 2.67. The summed E-state index contributed by atoms with van der Waals surface area (Å²) in [6.07, 6.45) is -0.0392. The minimum Gasteiger partial charge on any atom is -0.504 e. The van der Waals surface area contributed by atoms with Gasteiger partial charge in [0.05, 0.1) is 7.11 Å². The lowest BCUT2D eigenvalue weighted by Crippen LogP contribution is -2.39. The van der Waals surface area contributed by atoms with Gasteiger partial charge in [-0.3, -0.25) is 4.90 Å². The summed E-state index contributed by atoms with van der Waals surface area (Å²) in [5, 5.41) is 10.2. The van der Waals surface area contributed by atoms with Gasteiger partial charge in [0.2, 0.25) is 0 Å². The Balaban J connectivity index is 1.61. The fraction of sp³-hybridized carbons (Fsp3) is 0.333. The minimum absolute atomic E-state index is 0.0392. The largest absolute Gasteiger partial charge is 0.504 e. The van der Waals surface area contributed by atoms with Crippen molar-refractivity contribution in [3.63, 3.8) is 0 Å². The topological polar surface area (TPSA) is 51.2 Å². The molecular weight excluding hydrogens is 294 g/mol. The SMILES string of the molecule is COc1cccc(CN(C)C[C@H]2COc3ccccc3O2)c1O. The first-order valence-corrected chi connectivity index (χ1v) is 7.59. The molecule has 0 bridgehead atoms. The summed E-state index contributed by atoms with van der Waals surface area (Å²) >= 11 is 0. The number of rotatable bonds is 5. The number of methoxy groups -OCH3 is 1. The number of ether oxygens (including phenoxy) is 3. The number of likely N-dealkylation sites (N-methyl/N-ethyl adjacent to an activating group) is 1. The Labute approximate surface area is 136 Å². The molecule has 1 N–H and O–H groups in total. The Morgan fingerprint density at radius 1 is 1.17 bits per heavy atom. The molecule has 1 aliphatic heterocycles. The molecule has 0 saturated carbocycles. The second-order valence-corrected chi connectivity index (χ2v) is 5.66. The molecule has 0 amide bonds. The lowest BCUT2D eigenvalue weighted by molar-refractivity contribution is 0.0636. The van der Waals surface area contributed by atoms with Gasteiger partial charge in [-0.15, -0.1) is 0 Å². The van der Waals surface area contributed by atoms with E-state index in [9.17, 15) is 5.11 Å². The van der Waals surface area contributed by atoms with Gasteiger partial charge in [0, 0.05) is 18.7 Å². The van der Waals surface area contributed by atoms with Gasteiger partial charge in [-0.1, -0.05) is 24.3 Å². The molecule has 1 atom stereocenters. The van der Waals surface area contributed by atoms with Crippen molar-refractivity contribution in [3.05, 3.63) is 48.0 Å². The fourth-order valence-electron chi connectivity index (χ4n) is 2.72. The second-order valence-electron chi connectivity index (χ2n) is 5.66. The number of para-hydroxylation sites is 3. The molecule has 0 radical (unpaired) electrons. The number of phenols is 1. The first kappa shape index (κ1) is 15.5. The van der Waals surface area contributed by atoms with Crippen LogP contribution in [0.1, 0.15) is 5.56 Å². The Kier molecular flexibility index (Phi) is 4.57. The zero-order valence-corrected chi connectivity index (χ0v) is 13.4. The van der Waals surface area contributed by atoms with Gasteiger partial charge in [0.25, 0.3) is 0 Å². The summed E-state index contributed by atoms with van der Waals surface area (Å²) in [7, 11) is 3.54. The van der Waals surface area contributed by atoms with Crippen LogP contribution in [-0.4, -0.2) is 43.4 Å². The van der Waals surface area contributed by atoms with Crippen LogP contribution in [0.3, 0.4) is 0 Å². The normalized spacial score (nSPS) is 16.4. The molecule has 0 aliphatic carbocycles. The maximum Gasteiger partial charge on any atom is 0.162 e. The molecule has 23 heavy (non-hydrogen) atoms. The van der Waals surface area contributed by atoms with Crippen LogP contribution in [0.2, 0.25) is 0 Å². The smallest absolute Gasteiger partial charge is 0.162 e. The molecule has 0 unspecified atom stereocenters. The predicted molar refractivity (Wildman–Crippen MR) is 87.3 cm³/mol. The number of hydrogen-bond acceptors (Lipinski definition) is 5. The van der Waals surface area contributed by atoms with Gasteiger partial charge >= 0.3 is 0 Å². The second kappa shape index (κ2) is 6.79. The highest BCUT2D eigenvalue weighted by atomic mass is 16.6. The van der Waals surface area contributed by atoms with E-state index < -0.39 is 0 Å². The van der Waals surface area contributed by atoms with Crippen LogP contribution < -0.4 is 14.2 Å². The zero-order valence-electron chi connectivity index (χ0n) is 13.4. The standard InChI is InChI=1S/C18H21NO4/c1-19(10-13-6-5-9-17(21-2)18(13)20)11-14-12-22-15-7-3-4-8-16(15)23-14/h3-9,14,20H,10-12H2,1-2H3/t14-/m0/s1. The number of aromatic hydroxyl groups is 1. The molecule has 2 aromatic rings. The molecule has 0 spiro atoms. The van der Waals surface area contributed by atoms with Crippen molar-refractivity contribution in [2.75, 3.05) is 27.3 Å². The van der Waals surface area contributed by atoms with Crippen LogP contribution in [0.4, 0.5) is 0 Å². The molecule has 0 aromatic heterocycles. The fourth-order valence-corrected chi connectivity index (χ4v) is 2.72. The van der Waals surface area contributed by atoms with Crippen LogP contribution >= 0.6 is 0 Å². The molecule has 1 heterocycles. The van der Waals surface area contributed by atoms with E-state index in [0.29, 0.717) is 25.4 Å². The van der Waals surface area contributed by atoms with E-state index in [1.54, 1.807) is 13.2 Å². The van der Waals surface area contributed by atoms with Crippen molar-refractivity contribution >= 4 is 0 Å². The van der Waals surface area contributed by atoms with E-state index in [1.165, 1.54) is 0 Å². The summed E-state index contributed by atoms with van der Waals surface area (Å²) in [6, 6.07) is 13.2. The van der Waals surface area contributed by atoms with Crippen molar-refractivity contribution in [2.45, 2.75) is 12.6 Å². The number of phenolic OH excluding ortho intramolecular Hbond substituents is 1. The first-order valence-electron chi connectivity index (χ1n) is 7.59. The third kappa shape index (κ3) is 3.51. The highest BCUT2D eigenvalue weighted by Crippen LogP contribution is 2.32. The molecule has 2 aromatic carbocycles. The van der Waals surface area contributed by atoms with E-state index in [4.69, 9.17) is 14.2 Å². The highest BCUT2D eigenvalue weighted by molar-refractivity contribution is 5.45. The minimum atomic E-state index is -0.0392. The van der Waals surface area contributed by atoms with Crippen LogP contribution in [0.15, 0.2) is 42.5 Å². The maximum absolute atomic E-state index is 10.2. The van der Waals surface area contributed by atoms with Crippen molar-refractivity contribution in [1.29, 1.82) is 0 Å². The van der Waals surface area contributed by atoms with Crippen LogP contribution in [-0.2, 0) is 6.54 Å². The van der Waals surface area contributed by atoms with Crippen molar-refractivity contribution in [2.24, 2.45) is 0 Å². The molecule has 122 valence electrons. The molecule has 0 saturated heterocycles. The number of fused-ring (bicyclic) bond motifs is 1. The molecule has 3 rings (SSSR count). The Hall–Kier alpha value is -2.40. The number of nitrogens with zero attached hydrogens (tertiary/aromatic N) is 1. The maximum atomic E-state index is 10.2. The summed E-state index contributed by atoms with van der Waals surface area (Å²) in [5.41, 5.74) is 0.823. The summed E-state index contributed by atoms with van der Waals surface area (Å²) in [5.74, 6) is 2.24. The summed E-state index contributed by atoms with van der Waals surface area (Å²) in [6.45, 7) is 1.82. The van der Waals surface area contributed by atoms with Gasteiger partial charge in [0.15, 0.2) is 23.0 Å². The monoisotopic (exact) mass is 315 g/mol. The molecule has 5 heteroatoms. The van der Waals surface area contributed by atoms with E-state index in [1.807, 2.05) is 43.4 Å². The Morgan fingerprint density at radius 3 is 2.74 bits per heavy atom. The lowest BCUT2D eigenvalue weighted by atomic mass is 10.1. The number of hydrogen-bond donors (Lipinski definition) is 1. The van der Waals surface area contributed by atoms with Crippen LogP contribution in [0.25, 0.3) is 0 Å². The zero-order chi connectivity index (χ0) is 16.2. The quantitative estimate of drug-likeness (QED) is 0.919. The highest BCUT2D eigenvalue weighted by Gasteiger charge is 2.22. The van der Waals surface area contributed by atoms with Crippen molar-refractivity contribution in [1.82, 2.24) is 4.90 Å². The van der Waals surface area contributed by atoms with Crippen molar-refractivity contribution in [3.8, 4) is 23.0 Å². The van der Waals surface area contributed by atoms with Gasteiger partial charge in [-0.2, -0.15) is 0 Å². The summed E-state index contributed by atoms with van der Waals surface area (Å²) in [4.78, 5) is 2.09. The molecular formula is C18H21NO4. The molecule has 0 fully saturated rings. The Bertz CT molecular complexity index is 674. The average Bonchev–Trinajstić information content (AvgIpc) is 2.56. The molecule has 1 aliphatic rings. The van der Waals surface area contributed by atoms with E-state index in [-0.39, 0.29) is 11.9 Å². The third-order valence-electron chi connectivity index (χ3n) is 3.83. The van der Waals surface area contributed by atoms with Crippen molar-refractivity contribution < 1.29 is 19.3 Å². The van der Waals surface area contributed by atoms with Crippen LogP contribution in [0, 0.1) is 0 Å². The van der Waals surface area contributed by atoms with E-state index in [0.717, 1.165) is 17.1 Å². The average molecular weight is 315 g/mol. The third-order valence-corrected chi connectivity index (χ3v) is 3.83. The van der Waals surface area contributed by atoms with Gasteiger partial charge in [-0.25, -0.2) is 0 Å². The summed E-state index contributed by atoms with van der Waals surface area (Å²) < 4.78 is 16.8. The first-order chi connectivity index (χ1) is 11.2. The Morgan fingerprint density at radius 2 is 1.96 bits per heavy atom. The molecule has 5 nitrogen and oxygen atoms in total. The lowest BCUT2D eigenvalue weighted by Gasteiger charge is -2.29. The van der Waals surface area contributed by atoms with Gasteiger partial charge in [-0.05, 0) is 25.2 Å². The van der Waals surface area contributed by atoms with E-state index in [2.05, 4.69) is 4.90 Å². The van der Waals surface area contributed by atoms with Gasteiger partial charge < -0.3 is 19.3 Å². The number of benzene rings is 2. The van der Waals surface area contributed by atoms with Crippen LogP contribution in [0.5, 0.6) is 23.0 Å².